The monoisotopic (exact) mass is 367 g/mol. The van der Waals surface area contributed by atoms with E-state index in [1.165, 1.54) is 22.7 Å². The molecule has 0 bridgehead atoms. The number of halogens is 1. The lowest BCUT2D eigenvalue weighted by Gasteiger charge is -2.33. The van der Waals surface area contributed by atoms with E-state index in [-0.39, 0.29) is 43.5 Å². The number of hydrogen-bond donors (Lipinski definition) is 1. The number of carbonyl (C=O) groups excluding carboxylic acids is 1. The number of carbonyl (C=O) groups is 1. The van der Waals surface area contributed by atoms with Crippen LogP contribution in [0, 0.1) is 5.82 Å². The molecule has 25 heavy (non-hydrogen) atoms. The van der Waals surface area contributed by atoms with Crippen LogP contribution in [0.4, 0.5) is 4.39 Å². The van der Waals surface area contributed by atoms with Crippen LogP contribution < -0.4 is 5.73 Å². The van der Waals surface area contributed by atoms with E-state index < -0.39 is 15.8 Å². The van der Waals surface area contributed by atoms with Crippen molar-refractivity contribution >= 4 is 15.9 Å². The molecular formula is C16H18FN3O4S. The Hall–Kier alpha value is -2.23. The average Bonchev–Trinajstić information content (AvgIpc) is 3.11. The summed E-state index contributed by atoms with van der Waals surface area (Å²) in [5, 5.41) is 0. The van der Waals surface area contributed by atoms with E-state index in [1.807, 2.05) is 0 Å². The van der Waals surface area contributed by atoms with Gasteiger partial charge in [-0.3, -0.25) is 4.79 Å². The fourth-order valence-corrected chi connectivity index (χ4v) is 4.09. The quantitative estimate of drug-likeness (QED) is 0.870. The SMILES string of the molecule is NCc1cc(C(=O)N2CCN(S(=O)(=O)c3ccc(F)cc3)CC2)co1. The maximum atomic E-state index is 13.0. The third-order valence-electron chi connectivity index (χ3n) is 4.08. The number of furan rings is 1. The zero-order chi connectivity index (χ0) is 18.0. The maximum Gasteiger partial charge on any atom is 0.257 e. The van der Waals surface area contributed by atoms with Gasteiger partial charge in [0.05, 0.1) is 17.0 Å². The third-order valence-corrected chi connectivity index (χ3v) is 5.99. The number of piperazine rings is 1. The summed E-state index contributed by atoms with van der Waals surface area (Å²) in [5.74, 6) is -0.200. The molecule has 1 aliphatic rings. The van der Waals surface area contributed by atoms with E-state index in [0.717, 1.165) is 12.1 Å². The molecule has 2 N–H and O–H groups in total. The lowest BCUT2D eigenvalue weighted by Crippen LogP contribution is -2.50. The number of rotatable bonds is 4. The Bertz CT molecular complexity index is 856. The summed E-state index contributed by atoms with van der Waals surface area (Å²) in [6, 6.07) is 6.29. The maximum absolute atomic E-state index is 13.0. The molecule has 0 atom stereocenters. The van der Waals surface area contributed by atoms with Crippen LogP contribution in [0.25, 0.3) is 0 Å². The van der Waals surface area contributed by atoms with Gasteiger partial charge in [-0.25, -0.2) is 12.8 Å². The predicted octanol–water partition coefficient (Wildman–Crippen LogP) is 1.02. The Kier molecular flexibility index (Phi) is 4.89. The van der Waals surface area contributed by atoms with Gasteiger partial charge in [0, 0.05) is 26.2 Å². The first-order chi connectivity index (χ1) is 11.9. The molecule has 2 heterocycles. The van der Waals surface area contributed by atoms with Crippen molar-refractivity contribution in [3.63, 3.8) is 0 Å². The summed E-state index contributed by atoms with van der Waals surface area (Å²) in [4.78, 5) is 14.0. The summed E-state index contributed by atoms with van der Waals surface area (Å²) in [7, 11) is -3.70. The van der Waals surface area contributed by atoms with Crippen molar-refractivity contribution in [2.45, 2.75) is 11.4 Å². The van der Waals surface area contributed by atoms with Gasteiger partial charge in [0.2, 0.25) is 10.0 Å². The van der Waals surface area contributed by atoms with Crippen molar-refractivity contribution in [2.24, 2.45) is 5.73 Å². The third kappa shape index (κ3) is 3.58. The summed E-state index contributed by atoms with van der Waals surface area (Å²) >= 11 is 0. The Labute approximate surface area is 144 Å². The molecule has 1 fully saturated rings. The molecule has 0 radical (unpaired) electrons. The Morgan fingerprint density at radius 2 is 1.80 bits per heavy atom. The molecule has 0 unspecified atom stereocenters. The van der Waals surface area contributed by atoms with Gasteiger partial charge in [0.25, 0.3) is 5.91 Å². The molecule has 0 aliphatic carbocycles. The highest BCUT2D eigenvalue weighted by molar-refractivity contribution is 7.89. The first kappa shape index (κ1) is 17.6. The van der Waals surface area contributed by atoms with E-state index in [1.54, 1.807) is 11.0 Å². The minimum absolute atomic E-state index is 0.0381. The van der Waals surface area contributed by atoms with Gasteiger partial charge in [-0.05, 0) is 30.3 Å². The van der Waals surface area contributed by atoms with Gasteiger partial charge in [-0.1, -0.05) is 0 Å². The Morgan fingerprint density at radius 1 is 1.16 bits per heavy atom. The van der Waals surface area contributed by atoms with Crippen molar-refractivity contribution in [1.82, 2.24) is 9.21 Å². The molecule has 1 saturated heterocycles. The zero-order valence-corrected chi connectivity index (χ0v) is 14.2. The molecular weight excluding hydrogens is 349 g/mol. The van der Waals surface area contributed by atoms with Gasteiger partial charge >= 0.3 is 0 Å². The van der Waals surface area contributed by atoms with Crippen LogP contribution in [0.15, 0.2) is 45.9 Å². The highest BCUT2D eigenvalue weighted by Gasteiger charge is 2.30. The number of benzene rings is 1. The topological polar surface area (TPSA) is 96.9 Å². The summed E-state index contributed by atoms with van der Waals surface area (Å²) in [6.07, 6.45) is 1.35. The van der Waals surface area contributed by atoms with Crippen LogP contribution >= 0.6 is 0 Å². The second kappa shape index (κ2) is 6.95. The number of nitrogens with two attached hydrogens (primary N) is 1. The second-order valence-corrected chi connectivity index (χ2v) is 7.59. The molecule has 0 spiro atoms. The van der Waals surface area contributed by atoms with E-state index >= 15 is 0 Å². The summed E-state index contributed by atoms with van der Waals surface area (Å²) < 4.78 is 44.5. The van der Waals surface area contributed by atoms with Crippen LogP contribution in [0.1, 0.15) is 16.1 Å². The lowest BCUT2D eigenvalue weighted by atomic mass is 10.2. The molecule has 0 saturated carbocycles. The first-order valence-electron chi connectivity index (χ1n) is 7.74. The summed E-state index contributed by atoms with van der Waals surface area (Å²) in [5.41, 5.74) is 5.86. The van der Waals surface area contributed by atoms with Crippen molar-refractivity contribution in [3.05, 3.63) is 53.7 Å². The molecule has 7 nitrogen and oxygen atoms in total. The van der Waals surface area contributed by atoms with Crippen LogP contribution in [0.3, 0.4) is 0 Å². The number of sulfonamides is 1. The van der Waals surface area contributed by atoms with Crippen molar-refractivity contribution in [2.75, 3.05) is 26.2 Å². The fourth-order valence-electron chi connectivity index (χ4n) is 2.67. The van der Waals surface area contributed by atoms with Crippen molar-refractivity contribution < 1.29 is 22.0 Å². The Morgan fingerprint density at radius 3 is 2.36 bits per heavy atom. The summed E-state index contributed by atoms with van der Waals surface area (Å²) in [6.45, 7) is 1.09. The van der Waals surface area contributed by atoms with Gasteiger partial charge in [-0.2, -0.15) is 4.31 Å². The fraction of sp³-hybridized carbons (Fsp3) is 0.312. The number of amides is 1. The normalized spacial score (nSPS) is 16.2. The number of hydrogen-bond acceptors (Lipinski definition) is 5. The van der Waals surface area contributed by atoms with Gasteiger partial charge in [-0.15, -0.1) is 0 Å². The van der Waals surface area contributed by atoms with E-state index in [2.05, 4.69) is 0 Å². The Balaban J connectivity index is 1.67. The molecule has 9 heteroatoms. The molecule has 1 amide bonds. The van der Waals surface area contributed by atoms with Crippen LogP contribution in [-0.2, 0) is 16.6 Å². The standard InChI is InChI=1S/C16H18FN3O4S/c17-13-1-3-15(4-2-13)25(22,23)20-7-5-19(6-8-20)16(21)12-9-14(10-18)24-11-12/h1-4,9,11H,5-8,10,18H2. The van der Waals surface area contributed by atoms with Crippen molar-refractivity contribution in [1.29, 1.82) is 0 Å². The minimum atomic E-state index is -3.70. The predicted molar refractivity (Wildman–Crippen MR) is 87.7 cm³/mol. The van der Waals surface area contributed by atoms with Gasteiger partial charge in [0.15, 0.2) is 0 Å². The highest BCUT2D eigenvalue weighted by atomic mass is 32.2. The second-order valence-electron chi connectivity index (χ2n) is 5.66. The van der Waals surface area contributed by atoms with Gasteiger partial charge in [0.1, 0.15) is 17.8 Å². The highest BCUT2D eigenvalue weighted by Crippen LogP contribution is 2.19. The van der Waals surface area contributed by atoms with E-state index in [0.29, 0.717) is 11.3 Å². The lowest BCUT2D eigenvalue weighted by molar-refractivity contribution is 0.0697. The van der Waals surface area contributed by atoms with Gasteiger partial charge < -0.3 is 15.1 Å². The van der Waals surface area contributed by atoms with Crippen LogP contribution in [0.5, 0.6) is 0 Å². The van der Waals surface area contributed by atoms with E-state index in [4.69, 9.17) is 10.2 Å². The van der Waals surface area contributed by atoms with Crippen LogP contribution in [-0.4, -0.2) is 49.7 Å². The van der Waals surface area contributed by atoms with Crippen LogP contribution in [0.2, 0.25) is 0 Å². The zero-order valence-electron chi connectivity index (χ0n) is 13.4. The largest absolute Gasteiger partial charge is 0.467 e. The molecule has 1 aliphatic heterocycles. The molecule has 1 aromatic heterocycles. The smallest absolute Gasteiger partial charge is 0.257 e. The molecule has 1 aromatic carbocycles. The average molecular weight is 367 g/mol. The molecule has 3 rings (SSSR count). The first-order valence-corrected chi connectivity index (χ1v) is 9.18. The number of nitrogens with zero attached hydrogens (tertiary/aromatic N) is 2. The minimum Gasteiger partial charge on any atom is -0.467 e. The van der Waals surface area contributed by atoms with Crippen molar-refractivity contribution in [3.8, 4) is 0 Å². The molecule has 2 aromatic rings. The van der Waals surface area contributed by atoms with E-state index in [9.17, 15) is 17.6 Å². The molecule has 134 valence electrons.